The summed E-state index contributed by atoms with van der Waals surface area (Å²) in [5, 5.41) is 20.1. The van der Waals surface area contributed by atoms with Crippen molar-refractivity contribution in [2.24, 2.45) is 4.99 Å². The van der Waals surface area contributed by atoms with E-state index in [9.17, 15) is 4.79 Å². The number of rotatable bonds is 7. The summed E-state index contributed by atoms with van der Waals surface area (Å²) in [6.07, 6.45) is 2.35. The van der Waals surface area contributed by atoms with Crippen LogP contribution >= 0.6 is 15.9 Å². The molecule has 0 atom stereocenters. The van der Waals surface area contributed by atoms with Gasteiger partial charge in [0.25, 0.3) is 0 Å². The van der Waals surface area contributed by atoms with Crippen LogP contribution in [0.15, 0.2) is 58.3 Å². The summed E-state index contributed by atoms with van der Waals surface area (Å²) >= 11 is 3.55. The van der Waals surface area contributed by atoms with Gasteiger partial charge in [-0.05, 0) is 45.8 Å². The van der Waals surface area contributed by atoms with E-state index >= 15 is 0 Å². The van der Waals surface area contributed by atoms with Gasteiger partial charge in [-0.3, -0.25) is 25.4 Å². The van der Waals surface area contributed by atoms with Crippen LogP contribution in [0, 0.1) is 0 Å². The third-order valence-corrected chi connectivity index (χ3v) is 5.34. The first kappa shape index (κ1) is 22.8. The van der Waals surface area contributed by atoms with E-state index in [1.165, 1.54) is 6.07 Å². The van der Waals surface area contributed by atoms with Crippen LogP contribution in [-0.2, 0) is 16.2 Å². The van der Waals surface area contributed by atoms with E-state index in [-0.39, 0.29) is 19.1 Å². The van der Waals surface area contributed by atoms with Crippen LogP contribution in [0.1, 0.15) is 5.56 Å². The highest BCUT2D eigenvalue weighted by Gasteiger charge is 2.20. The minimum absolute atomic E-state index is 0.0670. The van der Waals surface area contributed by atoms with Crippen molar-refractivity contribution in [1.29, 1.82) is 0 Å². The molecule has 0 aliphatic carbocycles. The smallest absolute Gasteiger partial charge is 0.412 e. The topological polar surface area (TPSA) is 142 Å². The molecule has 0 saturated heterocycles. The lowest BCUT2D eigenvalue weighted by Crippen LogP contribution is -2.36. The monoisotopic (exact) mass is 518 g/mol. The summed E-state index contributed by atoms with van der Waals surface area (Å²) in [6.45, 7) is 0.906. The fourth-order valence-corrected chi connectivity index (χ4v) is 3.57. The minimum Gasteiger partial charge on any atom is -0.412 e. The van der Waals surface area contributed by atoms with Crippen molar-refractivity contribution in [1.82, 2.24) is 20.3 Å². The standard InChI is InChI=1S/C20H19BrN6O6/c21-17-15(4-5-16-18(17)23-7-6-22-16)25-19-24-8-9-26(19)12-31-20(28)33-14-3-1-2-13(10-14)11-32-27(29)30/h1-7,10,29-30H,8-9,11-12H2,(H,24,25). The summed E-state index contributed by atoms with van der Waals surface area (Å²) in [6, 6.07) is 10.1. The molecular formula is C20H19BrN6O6. The van der Waals surface area contributed by atoms with E-state index in [0.717, 1.165) is 15.7 Å². The Labute approximate surface area is 196 Å². The number of nitrogens with one attached hydrogen (secondary N) is 1. The molecule has 0 saturated carbocycles. The largest absolute Gasteiger partial charge is 0.515 e. The van der Waals surface area contributed by atoms with Crippen LogP contribution in [0.3, 0.4) is 0 Å². The van der Waals surface area contributed by atoms with E-state index in [1.54, 1.807) is 35.5 Å². The zero-order chi connectivity index (χ0) is 23.2. The zero-order valence-corrected chi connectivity index (χ0v) is 18.7. The van der Waals surface area contributed by atoms with Crippen LogP contribution in [0.2, 0.25) is 0 Å². The van der Waals surface area contributed by atoms with Crippen molar-refractivity contribution in [2.75, 3.05) is 25.1 Å². The molecule has 1 aliphatic heterocycles. The van der Waals surface area contributed by atoms with Gasteiger partial charge in [0.1, 0.15) is 11.3 Å². The number of carbonyl (C=O) groups is 1. The molecule has 2 heterocycles. The summed E-state index contributed by atoms with van der Waals surface area (Å²) < 4.78 is 11.2. The van der Waals surface area contributed by atoms with Gasteiger partial charge in [0, 0.05) is 18.9 Å². The van der Waals surface area contributed by atoms with Gasteiger partial charge in [-0.15, -0.1) is 0 Å². The Morgan fingerprint density at radius 3 is 2.91 bits per heavy atom. The van der Waals surface area contributed by atoms with Crippen molar-refractivity contribution in [3.05, 3.63) is 58.8 Å². The number of halogens is 1. The van der Waals surface area contributed by atoms with Gasteiger partial charge >= 0.3 is 6.16 Å². The summed E-state index contributed by atoms with van der Waals surface area (Å²) in [7, 11) is 0. The third kappa shape index (κ3) is 5.91. The van der Waals surface area contributed by atoms with E-state index < -0.39 is 11.5 Å². The lowest BCUT2D eigenvalue weighted by atomic mass is 10.2. The van der Waals surface area contributed by atoms with Gasteiger partial charge in [-0.2, -0.15) is 0 Å². The Bertz CT molecular complexity index is 1180. The Hall–Kier alpha value is -3.36. The number of benzene rings is 2. The SMILES string of the molecule is O=C(OCN1CCN=C1Nc1ccc2nccnc2c1Br)Oc1cccc(CON(O)O)c1. The first-order chi connectivity index (χ1) is 16.0. The number of hydrogen-bond donors (Lipinski definition) is 3. The molecule has 0 fully saturated rings. The third-order valence-electron chi connectivity index (χ3n) is 4.54. The van der Waals surface area contributed by atoms with Gasteiger partial charge in [0.2, 0.25) is 5.96 Å². The maximum atomic E-state index is 12.1. The highest BCUT2D eigenvalue weighted by molar-refractivity contribution is 9.10. The molecule has 3 N–H and O–H groups in total. The number of guanidine groups is 1. The van der Waals surface area contributed by atoms with Crippen molar-refractivity contribution in [3.63, 3.8) is 0 Å². The van der Waals surface area contributed by atoms with Gasteiger partial charge in [-0.1, -0.05) is 12.1 Å². The number of anilines is 1. The Kier molecular flexibility index (Phi) is 7.26. The second kappa shape index (κ2) is 10.5. The van der Waals surface area contributed by atoms with Crippen LogP contribution in [0.4, 0.5) is 10.5 Å². The molecule has 0 spiro atoms. The number of carbonyl (C=O) groups excluding carboxylic acids is 1. The zero-order valence-electron chi connectivity index (χ0n) is 17.1. The predicted octanol–water partition coefficient (Wildman–Crippen LogP) is 3.16. The molecule has 3 aromatic rings. The average molecular weight is 519 g/mol. The Balaban J connectivity index is 1.32. The molecule has 1 aromatic heterocycles. The van der Waals surface area contributed by atoms with Gasteiger partial charge in [0.15, 0.2) is 6.73 Å². The molecule has 1 aliphatic rings. The van der Waals surface area contributed by atoms with Crippen molar-refractivity contribution < 1.29 is 29.5 Å². The molecule has 172 valence electrons. The van der Waals surface area contributed by atoms with Crippen molar-refractivity contribution in [3.8, 4) is 5.75 Å². The number of fused-ring (bicyclic) bond motifs is 1. The lowest BCUT2D eigenvalue weighted by molar-refractivity contribution is -0.497. The summed E-state index contributed by atoms with van der Waals surface area (Å²) in [5.41, 5.74) is 2.77. The quantitative estimate of drug-likeness (QED) is 0.241. The maximum absolute atomic E-state index is 12.1. The molecule has 0 bridgehead atoms. The molecule has 4 rings (SSSR count). The molecule has 0 radical (unpaired) electrons. The molecule has 0 unspecified atom stereocenters. The number of ether oxygens (including phenoxy) is 2. The molecule has 33 heavy (non-hydrogen) atoms. The highest BCUT2D eigenvalue weighted by Crippen LogP contribution is 2.29. The predicted molar refractivity (Wildman–Crippen MR) is 118 cm³/mol. The van der Waals surface area contributed by atoms with E-state index in [4.69, 9.17) is 19.9 Å². The van der Waals surface area contributed by atoms with E-state index in [0.29, 0.717) is 30.1 Å². The summed E-state index contributed by atoms with van der Waals surface area (Å²) in [4.78, 5) is 31.5. The minimum atomic E-state index is -0.896. The fraction of sp³-hybridized carbons (Fsp3) is 0.200. The Morgan fingerprint density at radius 1 is 1.21 bits per heavy atom. The Morgan fingerprint density at radius 2 is 2.06 bits per heavy atom. The number of aromatic nitrogens is 2. The second-order valence-electron chi connectivity index (χ2n) is 6.74. The van der Waals surface area contributed by atoms with Gasteiger partial charge < -0.3 is 19.7 Å². The molecule has 13 heteroatoms. The van der Waals surface area contributed by atoms with Crippen molar-refractivity contribution in [2.45, 2.75) is 6.61 Å². The maximum Gasteiger partial charge on any atom is 0.515 e. The van der Waals surface area contributed by atoms with Gasteiger partial charge in [0.05, 0.1) is 34.2 Å². The van der Waals surface area contributed by atoms with Crippen molar-refractivity contribution >= 4 is 44.8 Å². The molecule has 2 aromatic carbocycles. The number of hydrogen-bond acceptors (Lipinski definition) is 12. The van der Waals surface area contributed by atoms with Crippen LogP contribution in [0.25, 0.3) is 11.0 Å². The lowest BCUT2D eigenvalue weighted by Gasteiger charge is -2.21. The molecule has 12 nitrogen and oxygen atoms in total. The van der Waals surface area contributed by atoms with Crippen LogP contribution in [0.5, 0.6) is 5.75 Å². The van der Waals surface area contributed by atoms with E-state index in [2.05, 4.69) is 41.0 Å². The fourth-order valence-electron chi connectivity index (χ4n) is 3.03. The van der Waals surface area contributed by atoms with E-state index in [1.807, 2.05) is 12.1 Å². The summed E-state index contributed by atoms with van der Waals surface area (Å²) in [5.74, 6) is 0.765. The number of nitrogens with zero attached hydrogens (tertiary/aromatic N) is 5. The number of aliphatic imine (C=N–C) groups is 1. The first-order valence-corrected chi connectivity index (χ1v) is 10.5. The molecular weight excluding hydrogens is 500 g/mol. The highest BCUT2D eigenvalue weighted by atomic mass is 79.9. The second-order valence-corrected chi connectivity index (χ2v) is 7.54. The first-order valence-electron chi connectivity index (χ1n) is 9.69. The molecule has 0 amide bonds. The van der Waals surface area contributed by atoms with Gasteiger partial charge in [-0.25, -0.2) is 9.63 Å². The normalized spacial score (nSPS) is 13.3. The van der Waals surface area contributed by atoms with Crippen LogP contribution in [-0.4, -0.2) is 62.6 Å². The average Bonchev–Trinajstić information content (AvgIpc) is 3.25. The van der Waals surface area contributed by atoms with Crippen LogP contribution < -0.4 is 10.1 Å².